The van der Waals surface area contributed by atoms with Crippen LogP contribution < -0.4 is 5.32 Å². The van der Waals surface area contributed by atoms with E-state index in [1.165, 1.54) is 11.1 Å². The molecule has 2 unspecified atom stereocenters. The summed E-state index contributed by atoms with van der Waals surface area (Å²) in [7, 11) is 0. The third kappa shape index (κ3) is 6.91. The summed E-state index contributed by atoms with van der Waals surface area (Å²) in [5.41, 5.74) is 5.46. The lowest BCUT2D eigenvalue weighted by Crippen LogP contribution is -2.44. The van der Waals surface area contributed by atoms with E-state index in [0.717, 1.165) is 47.9 Å². The number of nitrogens with zero attached hydrogens (tertiary/aromatic N) is 1. The van der Waals surface area contributed by atoms with Crippen LogP contribution in [0.2, 0.25) is 5.02 Å². The van der Waals surface area contributed by atoms with Gasteiger partial charge in [-0.2, -0.15) is 0 Å². The number of carbonyl (C=O) groups is 1. The Morgan fingerprint density at radius 1 is 0.879 bits per heavy atom. The molecule has 0 bridgehead atoms. The number of benzene rings is 3. The standard InChI is InChI=1S/C28H31ClN2O2/c1-20-17-31(18-21(2)33-20)19-23-5-3-22(4-6-23)7-16-28(32)30-27-14-10-25(11-15-27)24-8-12-26(29)13-9-24/h3-6,8-15,20-21H,7,16-19H2,1-2H3,(H,30,32). The zero-order chi connectivity index (χ0) is 23.2. The van der Waals surface area contributed by atoms with Crippen molar-refractivity contribution >= 4 is 23.2 Å². The van der Waals surface area contributed by atoms with Gasteiger partial charge in [0.15, 0.2) is 0 Å². The zero-order valence-corrected chi connectivity index (χ0v) is 20.0. The van der Waals surface area contributed by atoms with E-state index in [1.54, 1.807) is 0 Å². The molecule has 1 heterocycles. The number of aryl methyl sites for hydroxylation is 1. The maximum absolute atomic E-state index is 12.4. The van der Waals surface area contributed by atoms with Crippen molar-refractivity contribution in [3.8, 4) is 11.1 Å². The summed E-state index contributed by atoms with van der Waals surface area (Å²) in [6.07, 6.45) is 1.73. The van der Waals surface area contributed by atoms with E-state index in [2.05, 4.69) is 48.3 Å². The fourth-order valence-electron chi connectivity index (χ4n) is 4.35. The fourth-order valence-corrected chi connectivity index (χ4v) is 4.48. The van der Waals surface area contributed by atoms with Gasteiger partial charge >= 0.3 is 0 Å². The highest BCUT2D eigenvalue weighted by molar-refractivity contribution is 6.30. The molecule has 2 atom stereocenters. The first-order chi connectivity index (χ1) is 15.9. The second-order valence-electron chi connectivity index (χ2n) is 8.90. The number of ether oxygens (including phenoxy) is 1. The molecule has 3 aromatic carbocycles. The minimum absolute atomic E-state index is 0.0228. The summed E-state index contributed by atoms with van der Waals surface area (Å²) in [5, 5.41) is 3.72. The molecule has 1 saturated heterocycles. The Morgan fingerprint density at radius 3 is 2.03 bits per heavy atom. The molecule has 33 heavy (non-hydrogen) atoms. The highest BCUT2D eigenvalue weighted by Crippen LogP contribution is 2.23. The highest BCUT2D eigenvalue weighted by atomic mass is 35.5. The Labute approximate surface area is 201 Å². The van der Waals surface area contributed by atoms with Crippen LogP contribution in [0.1, 0.15) is 31.4 Å². The van der Waals surface area contributed by atoms with E-state index in [9.17, 15) is 4.79 Å². The van der Waals surface area contributed by atoms with Crippen molar-refractivity contribution in [3.63, 3.8) is 0 Å². The number of halogens is 1. The van der Waals surface area contributed by atoms with Gasteiger partial charge in [-0.25, -0.2) is 0 Å². The largest absolute Gasteiger partial charge is 0.373 e. The SMILES string of the molecule is CC1CN(Cc2ccc(CCC(=O)Nc3ccc(-c4ccc(Cl)cc4)cc3)cc2)CC(C)O1. The monoisotopic (exact) mass is 462 g/mol. The lowest BCUT2D eigenvalue weighted by molar-refractivity contribution is -0.116. The van der Waals surface area contributed by atoms with E-state index in [4.69, 9.17) is 16.3 Å². The second kappa shape index (κ2) is 11.0. The molecular weight excluding hydrogens is 432 g/mol. The van der Waals surface area contributed by atoms with Crippen LogP contribution in [0, 0.1) is 0 Å². The van der Waals surface area contributed by atoms with Gasteiger partial charge < -0.3 is 10.1 Å². The van der Waals surface area contributed by atoms with Crippen molar-refractivity contribution < 1.29 is 9.53 Å². The van der Waals surface area contributed by atoms with Crippen LogP contribution in [0.25, 0.3) is 11.1 Å². The Bertz CT molecular complexity index is 1040. The van der Waals surface area contributed by atoms with Crippen LogP contribution in [-0.2, 0) is 22.5 Å². The molecule has 172 valence electrons. The molecular formula is C28H31ClN2O2. The predicted molar refractivity (Wildman–Crippen MR) is 136 cm³/mol. The normalized spacial score (nSPS) is 18.8. The third-order valence-electron chi connectivity index (χ3n) is 5.91. The predicted octanol–water partition coefficient (Wildman–Crippen LogP) is 6.19. The molecule has 1 N–H and O–H groups in total. The lowest BCUT2D eigenvalue weighted by Gasteiger charge is -2.35. The van der Waals surface area contributed by atoms with E-state index in [0.29, 0.717) is 6.42 Å². The van der Waals surface area contributed by atoms with Crippen LogP contribution in [-0.4, -0.2) is 36.1 Å². The quantitative estimate of drug-likeness (QED) is 0.455. The van der Waals surface area contributed by atoms with Crippen LogP contribution in [0.4, 0.5) is 5.69 Å². The fraction of sp³-hybridized carbons (Fsp3) is 0.321. The highest BCUT2D eigenvalue weighted by Gasteiger charge is 2.21. The first-order valence-corrected chi connectivity index (χ1v) is 11.9. The first-order valence-electron chi connectivity index (χ1n) is 11.6. The van der Waals surface area contributed by atoms with Crippen LogP contribution >= 0.6 is 11.6 Å². The average molecular weight is 463 g/mol. The van der Waals surface area contributed by atoms with Gasteiger partial charge in [-0.1, -0.05) is 60.1 Å². The molecule has 4 rings (SSSR count). The van der Waals surface area contributed by atoms with Gasteiger partial charge in [-0.15, -0.1) is 0 Å². The Kier molecular flexibility index (Phi) is 7.81. The van der Waals surface area contributed by atoms with E-state index in [1.807, 2.05) is 48.5 Å². The number of hydrogen-bond donors (Lipinski definition) is 1. The van der Waals surface area contributed by atoms with Gasteiger partial charge in [0, 0.05) is 36.8 Å². The number of rotatable bonds is 7. The van der Waals surface area contributed by atoms with Crippen LogP contribution in [0.3, 0.4) is 0 Å². The van der Waals surface area contributed by atoms with E-state index >= 15 is 0 Å². The molecule has 1 fully saturated rings. The lowest BCUT2D eigenvalue weighted by atomic mass is 10.1. The van der Waals surface area contributed by atoms with Gasteiger partial charge in [0.1, 0.15) is 0 Å². The summed E-state index contributed by atoms with van der Waals surface area (Å²) in [4.78, 5) is 14.9. The summed E-state index contributed by atoms with van der Waals surface area (Å²) in [5.74, 6) is 0.0228. The summed E-state index contributed by atoms with van der Waals surface area (Å²) in [6, 6.07) is 24.2. The smallest absolute Gasteiger partial charge is 0.224 e. The first kappa shape index (κ1) is 23.5. The van der Waals surface area contributed by atoms with Crippen molar-refractivity contribution in [2.75, 3.05) is 18.4 Å². The number of nitrogens with one attached hydrogen (secondary N) is 1. The Morgan fingerprint density at radius 2 is 1.42 bits per heavy atom. The van der Waals surface area contributed by atoms with Gasteiger partial charge in [0.2, 0.25) is 5.91 Å². The number of anilines is 1. The van der Waals surface area contributed by atoms with E-state index < -0.39 is 0 Å². The Balaban J connectivity index is 1.24. The van der Waals surface area contributed by atoms with Gasteiger partial charge in [-0.3, -0.25) is 9.69 Å². The van der Waals surface area contributed by atoms with Crippen LogP contribution in [0.5, 0.6) is 0 Å². The van der Waals surface area contributed by atoms with Crippen molar-refractivity contribution in [2.45, 2.75) is 45.4 Å². The van der Waals surface area contributed by atoms with Gasteiger partial charge in [0.05, 0.1) is 12.2 Å². The topological polar surface area (TPSA) is 41.6 Å². The van der Waals surface area contributed by atoms with Gasteiger partial charge in [0.25, 0.3) is 0 Å². The van der Waals surface area contributed by atoms with Crippen molar-refractivity contribution in [1.29, 1.82) is 0 Å². The van der Waals surface area contributed by atoms with Crippen molar-refractivity contribution in [1.82, 2.24) is 4.90 Å². The molecule has 3 aromatic rings. The molecule has 0 aromatic heterocycles. The average Bonchev–Trinajstić information content (AvgIpc) is 2.79. The Hall–Kier alpha value is -2.66. The molecule has 0 aliphatic carbocycles. The van der Waals surface area contributed by atoms with Crippen molar-refractivity contribution in [3.05, 3.63) is 88.9 Å². The molecule has 0 spiro atoms. The summed E-state index contributed by atoms with van der Waals surface area (Å²) < 4.78 is 5.82. The third-order valence-corrected chi connectivity index (χ3v) is 6.16. The second-order valence-corrected chi connectivity index (χ2v) is 9.34. The maximum Gasteiger partial charge on any atom is 0.224 e. The number of morpholine rings is 1. The minimum Gasteiger partial charge on any atom is -0.373 e. The summed E-state index contributed by atoms with van der Waals surface area (Å²) in [6.45, 7) is 7.13. The number of amides is 1. The molecule has 0 saturated carbocycles. The van der Waals surface area contributed by atoms with Crippen LogP contribution in [0.15, 0.2) is 72.8 Å². The molecule has 5 heteroatoms. The molecule has 1 amide bonds. The van der Waals surface area contributed by atoms with E-state index in [-0.39, 0.29) is 18.1 Å². The maximum atomic E-state index is 12.4. The number of carbonyl (C=O) groups excluding carboxylic acids is 1. The molecule has 1 aliphatic rings. The molecule has 1 aliphatic heterocycles. The van der Waals surface area contributed by atoms with Gasteiger partial charge in [-0.05, 0) is 66.8 Å². The zero-order valence-electron chi connectivity index (χ0n) is 19.3. The summed E-state index contributed by atoms with van der Waals surface area (Å²) >= 11 is 5.96. The molecule has 0 radical (unpaired) electrons. The minimum atomic E-state index is 0.0228. The van der Waals surface area contributed by atoms with Crippen molar-refractivity contribution in [2.24, 2.45) is 0 Å². The molecule has 4 nitrogen and oxygen atoms in total. The number of hydrogen-bond acceptors (Lipinski definition) is 3.